The molecule has 6 heavy (non-hydrogen) atoms. The fourth-order valence-electron chi connectivity index (χ4n) is 0. The van der Waals surface area contributed by atoms with Crippen molar-refractivity contribution in [3.8, 4) is 0 Å². The fraction of sp³-hybridized carbons (Fsp3) is 0. The Labute approximate surface area is 104 Å². The summed E-state index contributed by atoms with van der Waals surface area (Å²) >= 11 is 0. The Bertz CT molecular complexity index is 7.51. The van der Waals surface area contributed by atoms with E-state index < -0.39 is 0 Å². The van der Waals surface area contributed by atoms with Crippen molar-refractivity contribution in [2.45, 2.75) is 0 Å². The molecule has 0 bridgehead atoms. The largest absolute Gasteiger partial charge is 3.00 e. The van der Waals surface area contributed by atoms with Gasteiger partial charge in [-0.05, 0) is 0 Å². The van der Waals surface area contributed by atoms with Gasteiger partial charge in [0.25, 0.3) is 0 Å². The van der Waals surface area contributed by atoms with E-state index >= 15 is 0 Å². The van der Waals surface area contributed by atoms with Crippen molar-refractivity contribution in [2.24, 2.45) is 0 Å². The summed E-state index contributed by atoms with van der Waals surface area (Å²) in [5, 5.41) is 0. The molecule has 0 aromatic heterocycles. The van der Waals surface area contributed by atoms with Crippen molar-refractivity contribution in [3.05, 3.63) is 0 Å². The Kier molecular flexibility index (Phi) is 464. The first-order valence-electron chi connectivity index (χ1n) is 0. The van der Waals surface area contributed by atoms with E-state index in [1.54, 1.807) is 0 Å². The summed E-state index contributed by atoms with van der Waals surface area (Å²) in [6.45, 7) is 0. The van der Waals surface area contributed by atoms with Crippen molar-refractivity contribution < 1.29 is 106 Å². The van der Waals surface area contributed by atoms with E-state index in [1.165, 1.54) is 0 Å². The Hall–Kier alpha value is 3.00. The molecule has 0 saturated heterocycles. The molecule has 0 aromatic carbocycles. The van der Waals surface area contributed by atoms with Gasteiger partial charge >= 0.3 is 56.2 Å². The molecule has 0 aliphatic carbocycles. The van der Waals surface area contributed by atoms with E-state index in [2.05, 4.69) is 0 Å². The molecule has 41 valence electrons. The zero-order valence-corrected chi connectivity index (χ0v) is 7.68. The third-order valence-electron chi connectivity index (χ3n) is 0. The summed E-state index contributed by atoms with van der Waals surface area (Å²) in [6.07, 6.45) is 0. The SMILES string of the molecule is [Cl-].[Cl-].[Cl-].[Cl-].[Er+3].[Li+]. The maximum absolute atomic E-state index is 0. The second kappa shape index (κ2) is 43.5. The molecule has 0 amide bonds. The fourth-order valence-corrected chi connectivity index (χ4v) is 0. The van der Waals surface area contributed by atoms with Gasteiger partial charge in [-0.25, -0.2) is 0 Å². The van der Waals surface area contributed by atoms with Crippen molar-refractivity contribution in [3.63, 3.8) is 0 Å². The topological polar surface area (TPSA) is 0 Å². The second-order valence-corrected chi connectivity index (χ2v) is 0. The maximum Gasteiger partial charge on any atom is 3.00 e. The van der Waals surface area contributed by atoms with Gasteiger partial charge in [0, 0.05) is 0 Å². The number of rotatable bonds is 0. The first-order valence-corrected chi connectivity index (χ1v) is 0. The third kappa shape index (κ3) is 28.0. The van der Waals surface area contributed by atoms with Gasteiger partial charge in [0.1, 0.15) is 0 Å². The first kappa shape index (κ1) is 63.9. The monoisotopic (exact) mass is 313 g/mol. The zero-order chi connectivity index (χ0) is 0. The molecule has 0 atom stereocenters. The van der Waals surface area contributed by atoms with E-state index in [4.69, 9.17) is 0 Å². The smallest absolute Gasteiger partial charge is 1.00 e. The van der Waals surface area contributed by atoms with Gasteiger partial charge in [0.2, 0.25) is 0 Å². The van der Waals surface area contributed by atoms with Gasteiger partial charge in [-0.3, -0.25) is 0 Å². The second-order valence-electron chi connectivity index (χ2n) is 0. The summed E-state index contributed by atoms with van der Waals surface area (Å²) in [7, 11) is 0. The third-order valence-corrected chi connectivity index (χ3v) is 0. The average Bonchev–Trinajstić information content (AvgIpc) is 0. The number of hydrogen-bond donors (Lipinski definition) is 0. The van der Waals surface area contributed by atoms with Gasteiger partial charge in [0.15, 0.2) is 0 Å². The first-order chi connectivity index (χ1) is 0. The van der Waals surface area contributed by atoms with Crippen LogP contribution in [0.4, 0.5) is 0 Å². The minimum absolute atomic E-state index is 0. The Morgan fingerprint density at radius 3 is 0.500 bits per heavy atom. The van der Waals surface area contributed by atoms with Gasteiger partial charge in [0.05, 0.1) is 0 Å². The Morgan fingerprint density at radius 2 is 0.500 bits per heavy atom. The van der Waals surface area contributed by atoms with Crippen molar-refractivity contribution >= 4 is 0 Å². The standard InChI is InChI=1S/4ClH.Er.Li/h4*1H;;/q;;;;+3;+1/p-4. The van der Waals surface area contributed by atoms with Crippen LogP contribution in [0.15, 0.2) is 0 Å². The number of hydrogen-bond acceptors (Lipinski definition) is 0. The summed E-state index contributed by atoms with van der Waals surface area (Å²) in [5.41, 5.74) is 0. The molecule has 0 spiro atoms. The molecule has 0 N–H and O–H groups in total. The van der Waals surface area contributed by atoms with E-state index in [1.807, 2.05) is 0 Å². The Morgan fingerprint density at radius 1 is 0.500 bits per heavy atom. The molecular weight excluding hydrogens is 316 g/mol. The Balaban J connectivity index is 0. The zero-order valence-electron chi connectivity index (χ0n) is 2.80. The molecule has 0 aliphatic rings. The minimum Gasteiger partial charge on any atom is -1.00 e. The van der Waals surface area contributed by atoms with Crippen LogP contribution in [-0.4, -0.2) is 0 Å². The van der Waals surface area contributed by atoms with Crippen LogP contribution in [0.1, 0.15) is 0 Å². The van der Waals surface area contributed by atoms with Gasteiger partial charge in [-0.15, -0.1) is 0 Å². The van der Waals surface area contributed by atoms with E-state index in [-0.39, 0.29) is 106 Å². The van der Waals surface area contributed by atoms with Crippen LogP contribution < -0.4 is 68.5 Å². The van der Waals surface area contributed by atoms with Gasteiger partial charge in [-0.1, -0.05) is 0 Å². The average molecular weight is 316 g/mol. The van der Waals surface area contributed by atoms with E-state index in [0.29, 0.717) is 0 Å². The van der Waals surface area contributed by atoms with Crippen LogP contribution in [0.25, 0.3) is 0 Å². The molecule has 0 nitrogen and oxygen atoms in total. The van der Waals surface area contributed by atoms with Crippen LogP contribution in [-0.2, 0) is 0 Å². The van der Waals surface area contributed by atoms with Crippen molar-refractivity contribution in [1.82, 2.24) is 0 Å². The summed E-state index contributed by atoms with van der Waals surface area (Å²) in [6, 6.07) is 0. The van der Waals surface area contributed by atoms with Crippen LogP contribution in [0.3, 0.4) is 0 Å². The predicted octanol–water partition coefficient (Wildman–Crippen LogP) is -15.0. The van der Waals surface area contributed by atoms with Crippen LogP contribution >= 0.6 is 0 Å². The molecule has 6 heteroatoms. The van der Waals surface area contributed by atoms with Crippen LogP contribution in [0.2, 0.25) is 0 Å². The minimum atomic E-state index is 0. The molecule has 0 rings (SSSR count). The molecule has 0 saturated carbocycles. The van der Waals surface area contributed by atoms with Gasteiger partial charge in [-0.2, -0.15) is 0 Å². The molecule has 0 aliphatic heterocycles. The van der Waals surface area contributed by atoms with Crippen LogP contribution in [0, 0.1) is 37.3 Å². The molecule has 1 radical (unpaired) electrons. The summed E-state index contributed by atoms with van der Waals surface area (Å²) in [4.78, 5) is 0. The van der Waals surface area contributed by atoms with Crippen molar-refractivity contribution in [2.75, 3.05) is 0 Å². The molecule has 0 unspecified atom stereocenters. The quantitative estimate of drug-likeness (QED) is 0.390. The maximum atomic E-state index is 0. The normalized spacial score (nSPS) is 0. The van der Waals surface area contributed by atoms with Crippen molar-refractivity contribution in [1.29, 1.82) is 0 Å². The van der Waals surface area contributed by atoms with E-state index in [9.17, 15) is 0 Å². The molecule has 0 heterocycles. The van der Waals surface area contributed by atoms with E-state index in [0.717, 1.165) is 0 Å². The molecule has 0 aromatic rings. The van der Waals surface area contributed by atoms with Crippen LogP contribution in [0.5, 0.6) is 0 Å². The molecular formula is Cl4ErLi. The summed E-state index contributed by atoms with van der Waals surface area (Å²) in [5.74, 6) is 0. The number of halogens is 4. The predicted molar refractivity (Wildman–Crippen MR) is 0 cm³/mol. The molecule has 0 fully saturated rings. The van der Waals surface area contributed by atoms with Gasteiger partial charge < -0.3 is 49.6 Å². The summed E-state index contributed by atoms with van der Waals surface area (Å²) < 4.78 is 0.